The smallest absolute Gasteiger partial charge is 0.150 e. The number of nitrogens with zero attached hydrogens (tertiary/aromatic N) is 3. The van der Waals surface area contributed by atoms with Crippen LogP contribution in [0, 0.1) is 0 Å². The van der Waals surface area contributed by atoms with Crippen molar-refractivity contribution in [2.45, 2.75) is 6.42 Å². The third-order valence-corrected chi connectivity index (χ3v) is 3.52. The minimum Gasteiger partial charge on any atom is -0.379 e. The maximum Gasteiger partial charge on any atom is 0.150 e. The summed E-state index contributed by atoms with van der Waals surface area (Å²) in [5, 5.41) is 0. The molecule has 1 aliphatic rings. The molecule has 2 aromatic rings. The predicted molar refractivity (Wildman–Crippen MR) is 71.5 cm³/mol. The van der Waals surface area contributed by atoms with Crippen LogP contribution in [-0.2, 0) is 11.2 Å². The monoisotopic (exact) mass is 259 g/mol. The van der Waals surface area contributed by atoms with Crippen LogP contribution in [0.4, 0.5) is 0 Å². The summed E-state index contributed by atoms with van der Waals surface area (Å²) in [4.78, 5) is 17.6. The molecule has 0 saturated carbocycles. The Morgan fingerprint density at radius 3 is 3.00 bits per heavy atom. The van der Waals surface area contributed by atoms with Crippen molar-refractivity contribution in [3.8, 4) is 0 Å². The molecule has 19 heavy (non-hydrogen) atoms. The first-order valence-corrected chi connectivity index (χ1v) is 6.58. The van der Waals surface area contributed by atoms with Crippen LogP contribution in [0.15, 0.2) is 24.5 Å². The highest BCUT2D eigenvalue weighted by molar-refractivity contribution is 5.77. The summed E-state index contributed by atoms with van der Waals surface area (Å²) in [5.74, 6) is 1.04. The zero-order chi connectivity index (χ0) is 13.1. The summed E-state index contributed by atoms with van der Waals surface area (Å²) < 4.78 is 7.39. The van der Waals surface area contributed by atoms with Gasteiger partial charge in [0.2, 0.25) is 0 Å². The van der Waals surface area contributed by atoms with Crippen LogP contribution in [0.2, 0.25) is 0 Å². The Labute approximate surface area is 111 Å². The molecule has 3 heterocycles. The van der Waals surface area contributed by atoms with Crippen LogP contribution in [-0.4, -0.2) is 53.4 Å². The second-order valence-electron chi connectivity index (χ2n) is 4.75. The topological polar surface area (TPSA) is 46.8 Å². The van der Waals surface area contributed by atoms with Crippen LogP contribution >= 0.6 is 0 Å². The Morgan fingerprint density at radius 1 is 1.37 bits per heavy atom. The van der Waals surface area contributed by atoms with Gasteiger partial charge in [0.05, 0.1) is 24.9 Å². The average Bonchev–Trinajstić information content (AvgIpc) is 2.88. The standard InChI is InChI=1S/C14H17N3O2/c18-11-12-1-4-17-13(9-12)10-15-14(17)2-3-16-5-7-19-8-6-16/h1,4,9-11H,2-3,5-8H2. The number of ether oxygens (including phenoxy) is 1. The van der Waals surface area contributed by atoms with E-state index in [-0.39, 0.29) is 0 Å². The summed E-state index contributed by atoms with van der Waals surface area (Å²) >= 11 is 0. The first-order valence-electron chi connectivity index (χ1n) is 6.58. The molecule has 3 rings (SSSR count). The van der Waals surface area contributed by atoms with Gasteiger partial charge in [-0.25, -0.2) is 4.98 Å². The molecule has 1 aliphatic heterocycles. The van der Waals surface area contributed by atoms with Crippen LogP contribution in [0.1, 0.15) is 16.2 Å². The van der Waals surface area contributed by atoms with Gasteiger partial charge in [-0.2, -0.15) is 0 Å². The van der Waals surface area contributed by atoms with Crippen molar-refractivity contribution in [3.63, 3.8) is 0 Å². The lowest BCUT2D eigenvalue weighted by atomic mass is 10.2. The minimum absolute atomic E-state index is 0.687. The summed E-state index contributed by atoms with van der Waals surface area (Å²) in [5.41, 5.74) is 1.66. The van der Waals surface area contributed by atoms with Gasteiger partial charge in [-0.05, 0) is 12.1 Å². The van der Waals surface area contributed by atoms with Gasteiger partial charge in [-0.1, -0.05) is 0 Å². The molecule has 0 spiro atoms. The number of aromatic nitrogens is 2. The summed E-state index contributed by atoms with van der Waals surface area (Å²) in [6.07, 6.45) is 5.51. The Balaban J connectivity index is 1.72. The summed E-state index contributed by atoms with van der Waals surface area (Å²) in [6, 6.07) is 3.68. The third-order valence-electron chi connectivity index (χ3n) is 3.52. The van der Waals surface area contributed by atoms with Crippen LogP contribution in [0.25, 0.3) is 5.52 Å². The summed E-state index contributed by atoms with van der Waals surface area (Å²) in [6.45, 7) is 4.64. The number of fused-ring (bicyclic) bond motifs is 1. The highest BCUT2D eigenvalue weighted by Crippen LogP contribution is 2.10. The first-order chi connectivity index (χ1) is 9.36. The van der Waals surface area contributed by atoms with Gasteiger partial charge in [0, 0.05) is 37.8 Å². The van der Waals surface area contributed by atoms with Crippen molar-refractivity contribution in [1.29, 1.82) is 0 Å². The van der Waals surface area contributed by atoms with Crippen LogP contribution in [0.5, 0.6) is 0 Å². The average molecular weight is 259 g/mol. The van der Waals surface area contributed by atoms with E-state index in [2.05, 4.69) is 9.88 Å². The largest absolute Gasteiger partial charge is 0.379 e. The van der Waals surface area contributed by atoms with E-state index >= 15 is 0 Å². The van der Waals surface area contributed by atoms with E-state index in [0.29, 0.717) is 5.56 Å². The van der Waals surface area contributed by atoms with Crippen molar-refractivity contribution in [3.05, 3.63) is 35.9 Å². The van der Waals surface area contributed by atoms with E-state index in [4.69, 9.17) is 4.74 Å². The van der Waals surface area contributed by atoms with Gasteiger partial charge in [0.1, 0.15) is 12.1 Å². The molecule has 2 aromatic heterocycles. The first kappa shape index (κ1) is 12.3. The van der Waals surface area contributed by atoms with Gasteiger partial charge in [0.15, 0.2) is 0 Å². The zero-order valence-electron chi connectivity index (χ0n) is 10.8. The van der Waals surface area contributed by atoms with Crippen molar-refractivity contribution < 1.29 is 9.53 Å². The van der Waals surface area contributed by atoms with Gasteiger partial charge < -0.3 is 9.14 Å². The van der Waals surface area contributed by atoms with Crippen LogP contribution < -0.4 is 0 Å². The highest BCUT2D eigenvalue weighted by atomic mass is 16.5. The normalized spacial score (nSPS) is 16.8. The minimum atomic E-state index is 0.687. The Morgan fingerprint density at radius 2 is 2.21 bits per heavy atom. The Hall–Kier alpha value is -1.72. The van der Waals surface area contributed by atoms with Crippen molar-refractivity contribution >= 4 is 11.8 Å². The molecule has 0 N–H and O–H groups in total. The molecule has 0 radical (unpaired) electrons. The molecule has 0 aliphatic carbocycles. The molecule has 100 valence electrons. The van der Waals surface area contributed by atoms with Gasteiger partial charge in [-0.3, -0.25) is 9.69 Å². The fourth-order valence-corrected chi connectivity index (χ4v) is 2.41. The number of hydrogen-bond acceptors (Lipinski definition) is 4. The number of pyridine rings is 1. The number of rotatable bonds is 4. The predicted octanol–water partition coefficient (Wildman–Crippen LogP) is 1.02. The van der Waals surface area contributed by atoms with Crippen molar-refractivity contribution in [2.75, 3.05) is 32.8 Å². The third kappa shape index (κ3) is 2.67. The van der Waals surface area contributed by atoms with E-state index in [1.807, 2.05) is 28.9 Å². The lowest BCUT2D eigenvalue weighted by molar-refractivity contribution is 0.0382. The molecule has 5 nitrogen and oxygen atoms in total. The van der Waals surface area contributed by atoms with E-state index in [9.17, 15) is 4.79 Å². The second kappa shape index (κ2) is 5.50. The Kier molecular flexibility index (Phi) is 3.57. The fraction of sp³-hybridized carbons (Fsp3) is 0.429. The SMILES string of the molecule is O=Cc1ccn2c(CCN3CCOCC3)ncc2c1. The molecule has 0 bridgehead atoms. The second-order valence-corrected chi connectivity index (χ2v) is 4.75. The molecule has 0 unspecified atom stereocenters. The molecule has 1 fully saturated rings. The maximum atomic E-state index is 10.7. The van der Waals surface area contributed by atoms with E-state index in [1.54, 1.807) is 0 Å². The van der Waals surface area contributed by atoms with E-state index in [0.717, 1.165) is 56.9 Å². The lowest BCUT2D eigenvalue weighted by Crippen LogP contribution is -2.37. The molecule has 0 aromatic carbocycles. The molecule has 0 atom stereocenters. The van der Waals surface area contributed by atoms with Gasteiger partial charge >= 0.3 is 0 Å². The quantitative estimate of drug-likeness (QED) is 0.769. The Bertz CT molecular complexity index is 573. The van der Waals surface area contributed by atoms with Gasteiger partial charge in [-0.15, -0.1) is 0 Å². The lowest BCUT2D eigenvalue weighted by Gasteiger charge is -2.26. The molecule has 5 heteroatoms. The van der Waals surface area contributed by atoms with Crippen LogP contribution in [0.3, 0.4) is 0 Å². The molecule has 1 saturated heterocycles. The molecular formula is C14H17N3O2. The number of morpholine rings is 1. The van der Waals surface area contributed by atoms with Crippen molar-refractivity contribution in [2.24, 2.45) is 0 Å². The van der Waals surface area contributed by atoms with E-state index in [1.165, 1.54) is 0 Å². The summed E-state index contributed by atoms with van der Waals surface area (Å²) in [7, 11) is 0. The number of aldehydes is 1. The molecular weight excluding hydrogens is 242 g/mol. The maximum absolute atomic E-state index is 10.7. The van der Waals surface area contributed by atoms with Gasteiger partial charge in [0.25, 0.3) is 0 Å². The number of carbonyl (C=O) groups excluding carboxylic acids is 1. The highest BCUT2D eigenvalue weighted by Gasteiger charge is 2.11. The number of hydrogen-bond donors (Lipinski definition) is 0. The number of imidazole rings is 1. The fourth-order valence-electron chi connectivity index (χ4n) is 2.41. The zero-order valence-corrected chi connectivity index (χ0v) is 10.8. The number of carbonyl (C=O) groups is 1. The molecule has 0 amide bonds. The van der Waals surface area contributed by atoms with E-state index < -0.39 is 0 Å². The van der Waals surface area contributed by atoms with Crippen molar-refractivity contribution in [1.82, 2.24) is 14.3 Å².